The number of rotatable bonds is 6. The van der Waals surface area contributed by atoms with E-state index in [9.17, 15) is 4.39 Å². The van der Waals surface area contributed by atoms with Crippen LogP contribution in [0.3, 0.4) is 0 Å². The van der Waals surface area contributed by atoms with E-state index >= 15 is 0 Å². The van der Waals surface area contributed by atoms with E-state index in [0.717, 1.165) is 22.4 Å². The van der Waals surface area contributed by atoms with Crippen molar-refractivity contribution in [1.82, 2.24) is 4.98 Å². The molecule has 1 radical (unpaired) electrons. The molecule has 0 spiro atoms. The second kappa shape index (κ2) is 7.79. The van der Waals surface area contributed by atoms with Crippen LogP contribution in [-0.4, -0.2) is 24.3 Å². The Morgan fingerprint density at radius 3 is 2.87 bits per heavy atom. The fourth-order valence-electron chi connectivity index (χ4n) is 2.42. The average Bonchev–Trinajstić information content (AvgIpc) is 3.06. The molecule has 1 aromatic carbocycles. The molecular formula is C17H17ClFN2OS. The van der Waals surface area contributed by atoms with Crippen LogP contribution in [0.2, 0.25) is 0 Å². The summed E-state index contributed by atoms with van der Waals surface area (Å²) in [5, 5.41) is 6.52. The van der Waals surface area contributed by atoms with Crippen molar-refractivity contribution in [2.75, 3.05) is 18.5 Å². The second-order valence-electron chi connectivity index (χ2n) is 5.18. The minimum absolute atomic E-state index is 0.492. The molecule has 0 amide bonds. The van der Waals surface area contributed by atoms with Crippen LogP contribution in [0.5, 0.6) is 5.75 Å². The van der Waals surface area contributed by atoms with E-state index in [1.54, 1.807) is 17.5 Å². The highest BCUT2D eigenvalue weighted by atomic mass is 35.5. The van der Waals surface area contributed by atoms with E-state index in [1.165, 1.54) is 6.08 Å². The van der Waals surface area contributed by atoms with Crippen LogP contribution in [0.1, 0.15) is 18.4 Å². The molecule has 121 valence electrons. The first-order chi connectivity index (χ1) is 11.2. The summed E-state index contributed by atoms with van der Waals surface area (Å²) in [5.74, 6) is 1.80. The lowest BCUT2D eigenvalue weighted by Gasteiger charge is -2.22. The zero-order chi connectivity index (χ0) is 16.1. The molecule has 23 heavy (non-hydrogen) atoms. The predicted molar refractivity (Wildman–Crippen MR) is 93.0 cm³/mol. The number of benzene rings is 1. The summed E-state index contributed by atoms with van der Waals surface area (Å²) in [6.45, 7) is 1.25. The fourth-order valence-corrected chi connectivity index (χ4v) is 3.31. The molecule has 0 saturated carbocycles. The first-order valence-corrected chi connectivity index (χ1v) is 8.72. The molecule has 0 aliphatic heterocycles. The van der Waals surface area contributed by atoms with E-state index < -0.39 is 6.17 Å². The maximum absolute atomic E-state index is 13.3. The molecule has 1 aliphatic rings. The lowest BCUT2D eigenvalue weighted by Crippen LogP contribution is -2.12. The lowest BCUT2D eigenvalue weighted by molar-refractivity contribution is 0.332. The van der Waals surface area contributed by atoms with Gasteiger partial charge in [-0.3, -0.25) is 0 Å². The molecule has 1 aromatic heterocycles. The summed E-state index contributed by atoms with van der Waals surface area (Å²) >= 11 is 7.70. The number of allylic oxidation sites excluding steroid dienone is 2. The van der Waals surface area contributed by atoms with Crippen LogP contribution in [0.15, 0.2) is 47.0 Å². The Morgan fingerprint density at radius 2 is 2.17 bits per heavy atom. The number of ether oxygens (including phenoxy) is 1. The van der Waals surface area contributed by atoms with Gasteiger partial charge in [0.2, 0.25) is 0 Å². The van der Waals surface area contributed by atoms with E-state index in [-0.39, 0.29) is 0 Å². The van der Waals surface area contributed by atoms with Gasteiger partial charge in [0.25, 0.3) is 0 Å². The molecule has 1 heterocycles. The molecule has 1 N–H and O–H groups in total. The summed E-state index contributed by atoms with van der Waals surface area (Å²) in [5.41, 5.74) is 1.02. The zero-order valence-corrected chi connectivity index (χ0v) is 14.0. The highest BCUT2D eigenvalue weighted by Crippen LogP contribution is 2.36. The molecule has 1 aliphatic carbocycles. The fraction of sp³-hybridized carbons (Fsp3) is 0.294. The first kappa shape index (κ1) is 16.3. The topological polar surface area (TPSA) is 34.1 Å². The van der Waals surface area contributed by atoms with Crippen LogP contribution in [0, 0.1) is 5.92 Å². The molecule has 3 rings (SSSR count). The Balaban J connectivity index is 1.50. The van der Waals surface area contributed by atoms with E-state index in [4.69, 9.17) is 16.3 Å². The Bertz CT molecular complexity index is 645. The maximum Gasteiger partial charge on any atom is 0.182 e. The lowest BCUT2D eigenvalue weighted by atomic mass is 9.88. The van der Waals surface area contributed by atoms with Gasteiger partial charge in [0.05, 0.1) is 6.54 Å². The number of halogens is 2. The molecule has 1 atom stereocenters. The molecule has 3 nitrogen and oxygen atoms in total. The molecule has 0 fully saturated rings. The number of thiazole rings is 1. The summed E-state index contributed by atoms with van der Waals surface area (Å²) < 4.78 is 18.9. The number of alkyl halides is 1. The SMILES string of the molecule is FC1C=C(Cl)[C](c2ccc(OCCNc3nccs3)cc2)CC1. The third-order valence-electron chi connectivity index (χ3n) is 3.57. The second-order valence-corrected chi connectivity index (χ2v) is 6.49. The van der Waals surface area contributed by atoms with Crippen LogP contribution in [0.25, 0.3) is 0 Å². The smallest absolute Gasteiger partial charge is 0.182 e. The van der Waals surface area contributed by atoms with Crippen LogP contribution < -0.4 is 10.1 Å². The van der Waals surface area contributed by atoms with Crippen molar-refractivity contribution in [3.8, 4) is 5.75 Å². The van der Waals surface area contributed by atoms with Crippen molar-refractivity contribution in [2.45, 2.75) is 19.0 Å². The van der Waals surface area contributed by atoms with Gasteiger partial charge in [-0.1, -0.05) is 23.7 Å². The number of hydrogen-bond acceptors (Lipinski definition) is 4. The number of anilines is 1. The van der Waals surface area contributed by atoms with Gasteiger partial charge in [-0.2, -0.15) is 0 Å². The van der Waals surface area contributed by atoms with Crippen molar-refractivity contribution >= 4 is 28.1 Å². The van der Waals surface area contributed by atoms with Crippen LogP contribution in [-0.2, 0) is 0 Å². The summed E-state index contributed by atoms with van der Waals surface area (Å²) in [6, 6.07) is 7.76. The Hall–Kier alpha value is -1.59. The van der Waals surface area contributed by atoms with Gasteiger partial charge < -0.3 is 10.1 Å². The van der Waals surface area contributed by atoms with E-state index in [1.807, 2.05) is 29.6 Å². The predicted octanol–water partition coefficient (Wildman–Crippen LogP) is 4.81. The monoisotopic (exact) mass is 351 g/mol. The van der Waals surface area contributed by atoms with Gasteiger partial charge in [-0.05, 0) is 36.6 Å². The van der Waals surface area contributed by atoms with Crippen molar-refractivity contribution in [3.05, 3.63) is 58.4 Å². The highest BCUT2D eigenvalue weighted by molar-refractivity contribution is 7.13. The molecule has 6 heteroatoms. The number of nitrogens with zero attached hydrogens (tertiary/aromatic N) is 1. The quantitative estimate of drug-likeness (QED) is 0.758. The molecule has 0 bridgehead atoms. The van der Waals surface area contributed by atoms with Crippen LogP contribution >= 0.6 is 22.9 Å². The largest absolute Gasteiger partial charge is 0.492 e. The number of hydrogen-bond donors (Lipinski definition) is 1. The van der Waals surface area contributed by atoms with Gasteiger partial charge in [0.1, 0.15) is 18.5 Å². The van der Waals surface area contributed by atoms with Crippen molar-refractivity contribution < 1.29 is 9.13 Å². The van der Waals surface area contributed by atoms with Crippen molar-refractivity contribution in [1.29, 1.82) is 0 Å². The van der Waals surface area contributed by atoms with Gasteiger partial charge in [0, 0.05) is 22.5 Å². The minimum Gasteiger partial charge on any atom is -0.492 e. The standard InChI is InChI=1S/C17H17ClFN2OS/c18-16-11-13(19)3-6-15(16)12-1-4-14(5-2-12)22-9-7-20-17-21-8-10-23-17/h1-2,4-5,8,10-11,13H,3,6-7,9H2,(H,20,21). The van der Waals surface area contributed by atoms with Crippen LogP contribution in [0.4, 0.5) is 9.52 Å². The van der Waals surface area contributed by atoms with Crippen molar-refractivity contribution in [3.63, 3.8) is 0 Å². The third-order valence-corrected chi connectivity index (χ3v) is 4.65. The van der Waals surface area contributed by atoms with Crippen molar-refractivity contribution in [2.24, 2.45) is 0 Å². The average molecular weight is 352 g/mol. The highest BCUT2D eigenvalue weighted by Gasteiger charge is 2.23. The first-order valence-electron chi connectivity index (χ1n) is 7.46. The number of nitrogens with one attached hydrogen (secondary N) is 1. The Morgan fingerprint density at radius 1 is 1.35 bits per heavy atom. The van der Waals surface area contributed by atoms with Gasteiger partial charge in [-0.15, -0.1) is 11.3 Å². The molecule has 1 unspecified atom stereocenters. The maximum atomic E-state index is 13.3. The Kier molecular flexibility index (Phi) is 5.51. The van der Waals surface area contributed by atoms with Gasteiger partial charge >= 0.3 is 0 Å². The molecule has 0 saturated heterocycles. The molecular weight excluding hydrogens is 335 g/mol. The van der Waals surface area contributed by atoms with Gasteiger partial charge in [-0.25, -0.2) is 9.37 Å². The number of aromatic nitrogens is 1. The van der Waals surface area contributed by atoms with E-state index in [0.29, 0.717) is 31.0 Å². The summed E-state index contributed by atoms with van der Waals surface area (Å²) in [6.07, 6.45) is 3.47. The molecule has 2 aromatic rings. The van der Waals surface area contributed by atoms with Gasteiger partial charge in [0.15, 0.2) is 5.13 Å². The normalized spacial score (nSPS) is 18.5. The zero-order valence-electron chi connectivity index (χ0n) is 12.5. The summed E-state index contributed by atoms with van der Waals surface area (Å²) in [7, 11) is 0. The Labute approximate surface area is 144 Å². The minimum atomic E-state index is -0.931. The van der Waals surface area contributed by atoms with E-state index in [2.05, 4.69) is 10.3 Å². The third kappa shape index (κ3) is 4.45. The summed E-state index contributed by atoms with van der Waals surface area (Å²) in [4.78, 5) is 4.14.